The number of carbonyl (C=O) groups is 1. The zero-order valence-electron chi connectivity index (χ0n) is 15.8. The third-order valence-corrected chi connectivity index (χ3v) is 8.04. The molecule has 28 heavy (non-hydrogen) atoms. The minimum atomic E-state index is -3.65. The number of rotatable bonds is 8. The molecule has 9 heteroatoms. The van der Waals surface area contributed by atoms with Crippen LogP contribution in [0.1, 0.15) is 20.8 Å². The lowest BCUT2D eigenvalue weighted by Gasteiger charge is -2.19. The zero-order chi connectivity index (χ0) is 20.9. The van der Waals surface area contributed by atoms with Gasteiger partial charge >= 0.3 is 0 Å². The van der Waals surface area contributed by atoms with Crippen molar-refractivity contribution < 1.29 is 13.2 Å². The van der Waals surface area contributed by atoms with Gasteiger partial charge in [0.2, 0.25) is 15.9 Å². The molecule has 0 fully saturated rings. The second-order valence-electron chi connectivity index (χ2n) is 5.91. The molecule has 0 bridgehead atoms. The topological polar surface area (TPSA) is 66.5 Å². The molecule has 2 rings (SSSR count). The molecule has 0 aromatic heterocycles. The molecule has 0 aliphatic rings. The number of thioether (sulfide) groups is 1. The van der Waals surface area contributed by atoms with E-state index < -0.39 is 15.3 Å². The SMILES string of the molecule is CCN(CC)S(=O)(=O)c1ccc(Cl)c(NC(=O)C(C)Sc2ccccc2Cl)c1. The van der Waals surface area contributed by atoms with Crippen LogP contribution in [0.25, 0.3) is 0 Å². The number of halogens is 2. The van der Waals surface area contributed by atoms with Crippen LogP contribution in [0.4, 0.5) is 5.69 Å². The number of nitrogens with zero attached hydrogens (tertiary/aromatic N) is 1. The zero-order valence-corrected chi connectivity index (χ0v) is 18.9. The molecule has 1 N–H and O–H groups in total. The highest BCUT2D eigenvalue weighted by atomic mass is 35.5. The van der Waals surface area contributed by atoms with Crippen LogP contribution in [-0.2, 0) is 14.8 Å². The normalized spacial score (nSPS) is 12.8. The van der Waals surface area contributed by atoms with Crippen LogP contribution in [0.15, 0.2) is 52.3 Å². The van der Waals surface area contributed by atoms with Crippen molar-refractivity contribution in [2.45, 2.75) is 35.8 Å². The lowest BCUT2D eigenvalue weighted by molar-refractivity contribution is -0.115. The summed E-state index contributed by atoms with van der Waals surface area (Å²) in [5.41, 5.74) is 0.256. The van der Waals surface area contributed by atoms with Crippen molar-refractivity contribution in [3.63, 3.8) is 0 Å². The van der Waals surface area contributed by atoms with Crippen LogP contribution in [-0.4, -0.2) is 37.0 Å². The molecular formula is C19H22Cl2N2O3S2. The molecular weight excluding hydrogens is 439 g/mol. The maximum Gasteiger partial charge on any atom is 0.243 e. The first-order chi connectivity index (χ1) is 13.2. The maximum atomic E-state index is 12.7. The van der Waals surface area contributed by atoms with E-state index in [2.05, 4.69) is 5.32 Å². The van der Waals surface area contributed by atoms with Gasteiger partial charge in [0.1, 0.15) is 0 Å². The van der Waals surface area contributed by atoms with Crippen LogP contribution < -0.4 is 5.32 Å². The van der Waals surface area contributed by atoms with Crippen LogP contribution in [0.2, 0.25) is 10.0 Å². The van der Waals surface area contributed by atoms with Gasteiger partial charge in [0.05, 0.1) is 25.9 Å². The smallest absolute Gasteiger partial charge is 0.243 e. The second-order valence-corrected chi connectivity index (χ2v) is 10.0. The minimum absolute atomic E-state index is 0.0855. The molecule has 1 amide bonds. The van der Waals surface area contributed by atoms with Gasteiger partial charge in [-0.1, -0.05) is 49.2 Å². The molecule has 0 saturated heterocycles. The fourth-order valence-electron chi connectivity index (χ4n) is 2.49. The van der Waals surface area contributed by atoms with Gasteiger partial charge in [0.15, 0.2) is 0 Å². The molecule has 2 aromatic rings. The number of amides is 1. The fourth-order valence-corrected chi connectivity index (χ4v) is 5.30. The Morgan fingerprint density at radius 2 is 1.75 bits per heavy atom. The van der Waals surface area contributed by atoms with Gasteiger partial charge in [-0.05, 0) is 37.3 Å². The Morgan fingerprint density at radius 3 is 2.36 bits per heavy atom. The first-order valence-electron chi connectivity index (χ1n) is 8.72. The summed E-state index contributed by atoms with van der Waals surface area (Å²) < 4.78 is 26.8. The summed E-state index contributed by atoms with van der Waals surface area (Å²) in [4.78, 5) is 13.5. The van der Waals surface area contributed by atoms with Crippen molar-refractivity contribution in [1.29, 1.82) is 0 Å². The van der Waals surface area contributed by atoms with Crippen LogP contribution in [0.3, 0.4) is 0 Å². The fraction of sp³-hybridized carbons (Fsp3) is 0.316. The third-order valence-electron chi connectivity index (χ3n) is 4.05. The van der Waals surface area contributed by atoms with E-state index in [1.165, 1.54) is 34.3 Å². The van der Waals surface area contributed by atoms with Gasteiger partial charge in [-0.3, -0.25) is 4.79 Å². The van der Waals surface area contributed by atoms with Crippen molar-refractivity contribution in [3.05, 3.63) is 52.5 Å². The first-order valence-corrected chi connectivity index (χ1v) is 11.8. The monoisotopic (exact) mass is 460 g/mol. The largest absolute Gasteiger partial charge is 0.324 e. The average Bonchev–Trinajstić information content (AvgIpc) is 2.65. The molecule has 0 saturated carbocycles. The second kappa shape index (κ2) is 9.98. The van der Waals surface area contributed by atoms with Crippen molar-refractivity contribution in [2.24, 2.45) is 0 Å². The highest BCUT2D eigenvalue weighted by Gasteiger charge is 2.23. The van der Waals surface area contributed by atoms with E-state index >= 15 is 0 Å². The van der Waals surface area contributed by atoms with Gasteiger partial charge in [-0.25, -0.2) is 8.42 Å². The van der Waals surface area contributed by atoms with E-state index in [4.69, 9.17) is 23.2 Å². The number of hydrogen-bond donors (Lipinski definition) is 1. The van der Waals surface area contributed by atoms with E-state index in [9.17, 15) is 13.2 Å². The number of carbonyl (C=O) groups excluding carboxylic acids is 1. The number of hydrogen-bond acceptors (Lipinski definition) is 4. The lowest BCUT2D eigenvalue weighted by atomic mass is 10.3. The lowest BCUT2D eigenvalue weighted by Crippen LogP contribution is -2.30. The Labute approximate surface area is 180 Å². The van der Waals surface area contributed by atoms with E-state index in [1.54, 1.807) is 26.8 Å². The Bertz CT molecular complexity index is 948. The average molecular weight is 461 g/mol. The van der Waals surface area contributed by atoms with Gasteiger partial charge in [0, 0.05) is 18.0 Å². The summed E-state index contributed by atoms with van der Waals surface area (Å²) in [7, 11) is -3.65. The quantitative estimate of drug-likeness (QED) is 0.553. The van der Waals surface area contributed by atoms with E-state index in [-0.39, 0.29) is 21.5 Å². The third kappa shape index (κ3) is 5.42. The molecule has 2 aromatic carbocycles. The molecule has 0 aliphatic carbocycles. The van der Waals surface area contributed by atoms with E-state index in [0.717, 1.165) is 4.90 Å². The number of anilines is 1. The highest BCUT2D eigenvalue weighted by Crippen LogP contribution is 2.32. The van der Waals surface area contributed by atoms with Crippen LogP contribution in [0, 0.1) is 0 Å². The van der Waals surface area contributed by atoms with Crippen LogP contribution in [0.5, 0.6) is 0 Å². The molecule has 0 heterocycles. The molecule has 5 nitrogen and oxygen atoms in total. The van der Waals surface area contributed by atoms with Gasteiger partial charge in [-0.15, -0.1) is 11.8 Å². The summed E-state index contributed by atoms with van der Waals surface area (Å²) >= 11 is 13.6. The van der Waals surface area contributed by atoms with Crippen molar-refractivity contribution in [3.8, 4) is 0 Å². The summed E-state index contributed by atoms with van der Waals surface area (Å²) in [6.45, 7) is 6.00. The molecule has 0 aliphatic heterocycles. The van der Waals surface area contributed by atoms with Crippen molar-refractivity contribution in [1.82, 2.24) is 4.31 Å². The summed E-state index contributed by atoms with van der Waals surface area (Å²) in [5.74, 6) is -0.302. The number of benzene rings is 2. The molecule has 152 valence electrons. The summed E-state index contributed by atoms with van der Waals surface area (Å²) in [6.07, 6.45) is 0. The van der Waals surface area contributed by atoms with Crippen molar-refractivity contribution >= 4 is 56.6 Å². The molecule has 1 unspecified atom stereocenters. The van der Waals surface area contributed by atoms with Gasteiger partial charge < -0.3 is 5.32 Å². The van der Waals surface area contributed by atoms with E-state index in [1.807, 2.05) is 18.2 Å². The van der Waals surface area contributed by atoms with Crippen molar-refractivity contribution in [2.75, 3.05) is 18.4 Å². The molecule has 0 radical (unpaired) electrons. The minimum Gasteiger partial charge on any atom is -0.324 e. The van der Waals surface area contributed by atoms with Gasteiger partial charge in [-0.2, -0.15) is 4.31 Å². The van der Waals surface area contributed by atoms with E-state index in [0.29, 0.717) is 18.1 Å². The predicted molar refractivity (Wildman–Crippen MR) is 117 cm³/mol. The number of nitrogens with one attached hydrogen (secondary N) is 1. The number of sulfonamides is 1. The summed E-state index contributed by atoms with van der Waals surface area (Å²) in [6, 6.07) is 11.6. The van der Waals surface area contributed by atoms with Crippen LogP contribution >= 0.6 is 35.0 Å². The molecule has 0 spiro atoms. The highest BCUT2D eigenvalue weighted by molar-refractivity contribution is 8.00. The summed E-state index contributed by atoms with van der Waals surface area (Å²) in [5, 5.41) is 3.09. The molecule has 1 atom stereocenters. The Hall–Kier alpha value is -1.25. The Morgan fingerprint density at radius 1 is 1.11 bits per heavy atom. The standard InChI is InChI=1S/C19H22Cl2N2O3S2/c1-4-23(5-2)28(25,26)14-10-11-15(20)17(12-14)22-19(24)13(3)27-18-9-7-6-8-16(18)21/h6-13H,4-5H2,1-3H3,(H,22,24). The van der Waals surface area contributed by atoms with Gasteiger partial charge in [0.25, 0.3) is 0 Å². The Balaban J connectivity index is 2.21. The Kier molecular flexibility index (Phi) is 8.21. The predicted octanol–water partition coefficient (Wildman–Crippen LogP) is 5.14. The first kappa shape index (κ1) is 23.0. The maximum absolute atomic E-state index is 12.7.